The molecule has 0 spiro atoms. The molecule has 3 heteroatoms. The van der Waals surface area contributed by atoms with Gasteiger partial charge in [0, 0.05) is 0 Å². The smallest absolute Gasteiger partial charge is 0.120 e. The van der Waals surface area contributed by atoms with E-state index in [0.29, 0.717) is 0 Å². The Bertz CT molecular complexity index is 387. The molecule has 1 aliphatic carbocycles. The van der Waals surface area contributed by atoms with E-state index < -0.39 is 6.10 Å². The molecule has 2 saturated heterocycles. The van der Waals surface area contributed by atoms with Gasteiger partial charge in [-0.05, 0) is 38.5 Å². The molecule has 1 N–H and O–H groups in total. The van der Waals surface area contributed by atoms with Gasteiger partial charge in [-0.2, -0.15) is 0 Å². The average molecular weight is 252 g/mol. The van der Waals surface area contributed by atoms with E-state index in [-0.39, 0.29) is 29.3 Å². The van der Waals surface area contributed by atoms with Crippen molar-refractivity contribution in [1.29, 1.82) is 0 Å². The number of hydrogen-bond donors (Lipinski definition) is 1. The van der Waals surface area contributed by atoms with Crippen molar-refractivity contribution in [2.45, 2.75) is 77.0 Å². The zero-order valence-electron chi connectivity index (χ0n) is 11.8. The van der Waals surface area contributed by atoms with E-state index in [4.69, 9.17) is 9.47 Å². The van der Waals surface area contributed by atoms with Crippen LogP contribution in [0.3, 0.4) is 0 Å². The van der Waals surface area contributed by atoms with Crippen LogP contribution in [0, 0.1) is 5.41 Å². The first-order valence-electron chi connectivity index (χ1n) is 7.01. The molecule has 2 aliphatic heterocycles. The van der Waals surface area contributed by atoms with Crippen molar-refractivity contribution in [2.24, 2.45) is 5.41 Å². The van der Waals surface area contributed by atoms with Gasteiger partial charge in [-0.25, -0.2) is 0 Å². The number of aliphatic hydroxyl groups is 1. The van der Waals surface area contributed by atoms with Crippen LogP contribution in [0.25, 0.3) is 0 Å². The Balaban J connectivity index is 1.83. The van der Waals surface area contributed by atoms with Gasteiger partial charge >= 0.3 is 0 Å². The molecule has 3 rings (SSSR count). The Kier molecular flexibility index (Phi) is 2.68. The van der Waals surface area contributed by atoms with Crippen LogP contribution in [0.5, 0.6) is 0 Å². The third kappa shape index (κ3) is 1.93. The minimum absolute atomic E-state index is 0.0400. The molecule has 3 aliphatic rings. The fraction of sp³-hybridized carbons (Fsp3) is 0.867. The number of rotatable bonds is 0. The van der Waals surface area contributed by atoms with Crippen LogP contribution in [0.1, 0.15) is 47.0 Å². The zero-order valence-corrected chi connectivity index (χ0v) is 11.8. The fourth-order valence-corrected chi connectivity index (χ4v) is 3.21. The summed E-state index contributed by atoms with van der Waals surface area (Å²) >= 11 is 0. The van der Waals surface area contributed by atoms with Crippen molar-refractivity contribution in [3.63, 3.8) is 0 Å². The van der Waals surface area contributed by atoms with E-state index in [1.54, 1.807) is 0 Å². The first-order chi connectivity index (χ1) is 8.34. The maximum atomic E-state index is 10.4. The number of allylic oxidation sites excluding steroid dienone is 2. The summed E-state index contributed by atoms with van der Waals surface area (Å²) in [5, 5.41) is 10.4. The SMILES string of the molecule is C/C1=C\CC(C)(C)[C@@H]2O[C@@H]2C(O)[C@]2(C)O[C@@H]2CC1. The summed E-state index contributed by atoms with van der Waals surface area (Å²) in [6.45, 7) is 8.65. The molecule has 0 aromatic carbocycles. The second-order valence-corrected chi connectivity index (χ2v) is 7.04. The molecule has 2 heterocycles. The molecular formula is C15H24O3. The highest BCUT2D eigenvalue weighted by atomic mass is 16.6. The third-order valence-electron chi connectivity index (χ3n) is 4.95. The molecule has 0 aromatic heterocycles. The molecule has 0 bridgehead atoms. The Morgan fingerprint density at radius 3 is 2.78 bits per heavy atom. The van der Waals surface area contributed by atoms with E-state index >= 15 is 0 Å². The number of hydrogen-bond acceptors (Lipinski definition) is 3. The number of epoxide rings is 2. The van der Waals surface area contributed by atoms with E-state index in [9.17, 15) is 5.11 Å². The van der Waals surface area contributed by atoms with Gasteiger partial charge in [-0.3, -0.25) is 0 Å². The van der Waals surface area contributed by atoms with Gasteiger partial charge < -0.3 is 14.6 Å². The minimum Gasteiger partial charge on any atom is -0.387 e. The molecule has 0 aromatic rings. The Hall–Kier alpha value is -0.380. The van der Waals surface area contributed by atoms with E-state index in [1.807, 2.05) is 6.92 Å². The van der Waals surface area contributed by atoms with Crippen molar-refractivity contribution in [3.8, 4) is 0 Å². The van der Waals surface area contributed by atoms with Crippen LogP contribution >= 0.6 is 0 Å². The molecule has 0 amide bonds. The van der Waals surface area contributed by atoms with Crippen LogP contribution in [0.15, 0.2) is 11.6 Å². The lowest BCUT2D eigenvalue weighted by atomic mass is 9.81. The lowest BCUT2D eigenvalue weighted by Crippen LogP contribution is -2.37. The van der Waals surface area contributed by atoms with Crippen LogP contribution in [0.4, 0.5) is 0 Å². The second kappa shape index (κ2) is 3.81. The molecule has 2 fully saturated rings. The summed E-state index contributed by atoms with van der Waals surface area (Å²) < 4.78 is 11.5. The van der Waals surface area contributed by atoms with E-state index in [1.165, 1.54) is 5.57 Å². The zero-order chi connectivity index (χ0) is 13.1. The molecule has 3 nitrogen and oxygen atoms in total. The highest BCUT2D eigenvalue weighted by Gasteiger charge is 2.65. The summed E-state index contributed by atoms with van der Waals surface area (Å²) in [4.78, 5) is 0. The van der Waals surface area contributed by atoms with Crippen molar-refractivity contribution >= 4 is 0 Å². The molecule has 18 heavy (non-hydrogen) atoms. The van der Waals surface area contributed by atoms with Crippen molar-refractivity contribution in [1.82, 2.24) is 0 Å². The van der Waals surface area contributed by atoms with Crippen LogP contribution in [-0.4, -0.2) is 35.1 Å². The molecule has 5 atom stereocenters. The molecule has 102 valence electrons. The van der Waals surface area contributed by atoms with Crippen LogP contribution in [-0.2, 0) is 9.47 Å². The highest BCUT2D eigenvalue weighted by Crippen LogP contribution is 2.51. The largest absolute Gasteiger partial charge is 0.387 e. The fourth-order valence-electron chi connectivity index (χ4n) is 3.21. The lowest BCUT2D eigenvalue weighted by Gasteiger charge is -2.22. The first-order valence-corrected chi connectivity index (χ1v) is 7.01. The lowest BCUT2D eigenvalue weighted by molar-refractivity contribution is 0.0593. The van der Waals surface area contributed by atoms with Crippen LogP contribution in [0.2, 0.25) is 0 Å². The Morgan fingerprint density at radius 1 is 1.33 bits per heavy atom. The predicted molar refractivity (Wildman–Crippen MR) is 69.3 cm³/mol. The van der Waals surface area contributed by atoms with Gasteiger partial charge in [0.2, 0.25) is 0 Å². The third-order valence-corrected chi connectivity index (χ3v) is 4.95. The van der Waals surface area contributed by atoms with Gasteiger partial charge in [0.05, 0.1) is 12.2 Å². The van der Waals surface area contributed by atoms with Gasteiger partial charge in [-0.15, -0.1) is 0 Å². The normalized spacial score (nSPS) is 53.3. The first kappa shape index (κ1) is 12.6. The summed E-state index contributed by atoms with van der Waals surface area (Å²) in [7, 11) is 0. The molecule has 0 saturated carbocycles. The Labute approximate surface area is 109 Å². The summed E-state index contributed by atoms with van der Waals surface area (Å²) in [6, 6.07) is 0. The number of aliphatic hydroxyl groups excluding tert-OH is 1. The van der Waals surface area contributed by atoms with Crippen molar-refractivity contribution in [3.05, 3.63) is 11.6 Å². The predicted octanol–water partition coefficient (Wildman–Crippen LogP) is 2.43. The summed E-state index contributed by atoms with van der Waals surface area (Å²) in [6.07, 6.45) is 5.27. The van der Waals surface area contributed by atoms with Gasteiger partial charge in [0.25, 0.3) is 0 Å². The maximum absolute atomic E-state index is 10.4. The topological polar surface area (TPSA) is 45.3 Å². The molecule has 0 radical (unpaired) electrons. The number of ether oxygens (including phenoxy) is 2. The highest BCUT2D eigenvalue weighted by molar-refractivity contribution is 5.16. The summed E-state index contributed by atoms with van der Waals surface area (Å²) in [5.74, 6) is 0. The van der Waals surface area contributed by atoms with Gasteiger partial charge in [0.1, 0.15) is 17.8 Å². The molecule has 1 unspecified atom stereocenters. The monoisotopic (exact) mass is 252 g/mol. The Morgan fingerprint density at radius 2 is 2.06 bits per heavy atom. The quantitative estimate of drug-likeness (QED) is 0.532. The minimum atomic E-state index is -0.481. The summed E-state index contributed by atoms with van der Waals surface area (Å²) in [5.41, 5.74) is 1.15. The van der Waals surface area contributed by atoms with Gasteiger partial charge in [0.15, 0.2) is 0 Å². The standard InChI is InChI=1S/C15H24O3/c1-9-5-6-10-15(4,18-10)12(16)11-13(17-11)14(2,3)8-7-9/h7,10-13,16H,5-6,8H2,1-4H3/b9-7+/t10-,11-,12?,13-,15-/m1/s1. The number of fused-ring (bicyclic) bond motifs is 2. The average Bonchev–Trinajstić information content (AvgIpc) is 3.17. The second-order valence-electron chi connectivity index (χ2n) is 7.04. The van der Waals surface area contributed by atoms with E-state index in [2.05, 4.69) is 26.8 Å². The van der Waals surface area contributed by atoms with Crippen LogP contribution < -0.4 is 0 Å². The van der Waals surface area contributed by atoms with Crippen molar-refractivity contribution in [2.75, 3.05) is 0 Å². The molecular weight excluding hydrogens is 228 g/mol. The van der Waals surface area contributed by atoms with Gasteiger partial charge in [-0.1, -0.05) is 25.5 Å². The van der Waals surface area contributed by atoms with E-state index in [0.717, 1.165) is 19.3 Å². The van der Waals surface area contributed by atoms with Crippen molar-refractivity contribution < 1.29 is 14.6 Å². The maximum Gasteiger partial charge on any atom is 0.120 e.